The van der Waals surface area contributed by atoms with Crippen molar-refractivity contribution in [3.63, 3.8) is 0 Å². The number of unbranched alkanes of at least 4 members (excludes halogenated alkanes) is 25. The highest BCUT2D eigenvalue weighted by Crippen LogP contribution is 2.43. The quantitative estimate of drug-likeness (QED) is 0.0177. The van der Waals surface area contributed by atoms with Gasteiger partial charge in [0.15, 0.2) is 6.10 Å². The number of aliphatic hydroxyl groups is 1. The van der Waals surface area contributed by atoms with Crippen molar-refractivity contribution < 1.29 is 42.7 Å². The molecule has 0 saturated heterocycles. The first kappa shape index (κ1) is 56.2. The Balaban J connectivity index is 4.10. The van der Waals surface area contributed by atoms with Crippen molar-refractivity contribution in [3.05, 3.63) is 36.5 Å². The molecule has 0 amide bonds. The lowest BCUT2D eigenvalue weighted by molar-refractivity contribution is -0.161. The summed E-state index contributed by atoms with van der Waals surface area (Å²) in [7, 11) is -4.40. The molecule has 340 valence electrons. The normalized spacial score (nSPS) is 14.1. The molecule has 4 N–H and O–H groups in total. The van der Waals surface area contributed by atoms with Crippen LogP contribution in [-0.4, -0.2) is 60.5 Å². The van der Waals surface area contributed by atoms with Crippen molar-refractivity contribution in [2.45, 2.75) is 225 Å². The number of nitrogens with two attached hydrogens (primary N) is 1. The zero-order valence-electron chi connectivity index (χ0n) is 37.1. The van der Waals surface area contributed by atoms with E-state index in [-0.39, 0.29) is 32.6 Å². The van der Waals surface area contributed by atoms with Gasteiger partial charge in [-0.15, -0.1) is 0 Å². The number of allylic oxidation sites excluding steroid dienone is 4. The molecule has 0 radical (unpaired) electrons. The van der Waals surface area contributed by atoms with Crippen LogP contribution in [0.3, 0.4) is 0 Å². The van der Waals surface area contributed by atoms with Gasteiger partial charge in [-0.1, -0.05) is 198 Å². The molecule has 3 atom stereocenters. The molecule has 58 heavy (non-hydrogen) atoms. The predicted octanol–water partition coefficient (Wildman–Crippen LogP) is 12.7. The Morgan fingerprint density at radius 2 is 1.09 bits per heavy atom. The van der Waals surface area contributed by atoms with E-state index in [2.05, 4.69) is 19.9 Å². The summed E-state index contributed by atoms with van der Waals surface area (Å²) in [5, 5.41) is 9.88. The molecule has 11 heteroatoms. The number of phosphoric acid groups is 1. The van der Waals surface area contributed by atoms with E-state index < -0.39 is 38.6 Å². The molecular formula is C47H88NO9P. The van der Waals surface area contributed by atoms with Gasteiger partial charge in [0, 0.05) is 19.4 Å². The van der Waals surface area contributed by atoms with Crippen molar-refractivity contribution in [1.29, 1.82) is 0 Å². The molecule has 0 heterocycles. The maximum Gasteiger partial charge on any atom is 0.472 e. The van der Waals surface area contributed by atoms with Crippen molar-refractivity contribution in [1.82, 2.24) is 0 Å². The largest absolute Gasteiger partial charge is 0.472 e. The number of hydrogen-bond donors (Lipinski definition) is 3. The molecule has 2 unspecified atom stereocenters. The summed E-state index contributed by atoms with van der Waals surface area (Å²) < 4.78 is 32.8. The minimum atomic E-state index is -4.40. The lowest BCUT2D eigenvalue weighted by atomic mass is 10.0. The molecule has 0 fully saturated rings. The monoisotopic (exact) mass is 842 g/mol. The van der Waals surface area contributed by atoms with Crippen molar-refractivity contribution in [3.8, 4) is 0 Å². The minimum Gasteiger partial charge on any atom is -0.462 e. The van der Waals surface area contributed by atoms with Crippen LogP contribution in [0.1, 0.15) is 213 Å². The van der Waals surface area contributed by atoms with E-state index in [1.54, 1.807) is 6.08 Å². The summed E-state index contributed by atoms with van der Waals surface area (Å²) >= 11 is 0. The van der Waals surface area contributed by atoms with E-state index in [0.717, 1.165) is 57.8 Å². The van der Waals surface area contributed by atoms with E-state index in [1.165, 1.54) is 116 Å². The van der Waals surface area contributed by atoms with Crippen LogP contribution in [0.5, 0.6) is 0 Å². The molecule has 0 spiro atoms. The zero-order chi connectivity index (χ0) is 42.6. The molecule has 0 aliphatic carbocycles. The fraction of sp³-hybridized carbons (Fsp3) is 0.830. The Hall–Kier alpha value is -1.81. The zero-order valence-corrected chi connectivity index (χ0v) is 38.0. The standard InChI is InChI=1S/C47H88NO9P/c1-3-5-7-8-9-10-11-12-13-14-15-16-17-18-19-20-21-24-27-30-34-38-46(50)54-42-45(43-56-58(52,53)55-41-40-48)57-47(51)39-35-31-28-25-22-23-26-29-33-37-44(49)36-32-6-4-2/h6,26,29,32-33,37,44-45,49H,3-5,7-25,27-28,30-31,34-36,38-43,48H2,1-2H3,(H,52,53)/b29-26+,32-6+,37-33+/t44?,45-/m1/s1. The summed E-state index contributed by atoms with van der Waals surface area (Å²) in [6.07, 6.45) is 45.1. The van der Waals surface area contributed by atoms with Crippen molar-refractivity contribution in [2.24, 2.45) is 5.73 Å². The highest BCUT2D eigenvalue weighted by atomic mass is 31.2. The first-order valence-corrected chi connectivity index (χ1v) is 25.1. The highest BCUT2D eigenvalue weighted by molar-refractivity contribution is 7.47. The predicted molar refractivity (Wildman–Crippen MR) is 240 cm³/mol. The topological polar surface area (TPSA) is 155 Å². The van der Waals surface area contributed by atoms with Crippen molar-refractivity contribution in [2.75, 3.05) is 26.4 Å². The van der Waals surface area contributed by atoms with Crippen LogP contribution < -0.4 is 5.73 Å². The van der Waals surface area contributed by atoms with Crippen LogP contribution in [-0.2, 0) is 32.7 Å². The van der Waals surface area contributed by atoms with Crippen LogP contribution in [0.2, 0.25) is 0 Å². The number of carbonyl (C=O) groups is 2. The van der Waals surface area contributed by atoms with E-state index in [9.17, 15) is 24.2 Å². The van der Waals surface area contributed by atoms with Crippen LogP contribution in [0.4, 0.5) is 0 Å². The second kappa shape index (κ2) is 43.3. The summed E-state index contributed by atoms with van der Waals surface area (Å²) in [6.45, 7) is 3.50. The molecule has 0 aromatic rings. The lowest BCUT2D eigenvalue weighted by Crippen LogP contribution is -2.29. The Morgan fingerprint density at radius 1 is 0.603 bits per heavy atom. The molecule has 0 saturated carbocycles. The van der Waals surface area contributed by atoms with Gasteiger partial charge in [0.05, 0.1) is 19.3 Å². The van der Waals surface area contributed by atoms with E-state index >= 15 is 0 Å². The summed E-state index contributed by atoms with van der Waals surface area (Å²) in [5.41, 5.74) is 5.35. The van der Waals surface area contributed by atoms with Gasteiger partial charge in [-0.05, 0) is 38.5 Å². The van der Waals surface area contributed by atoms with Crippen LogP contribution in [0, 0.1) is 0 Å². The van der Waals surface area contributed by atoms with Crippen LogP contribution in [0.15, 0.2) is 36.5 Å². The Labute approximate surface area is 355 Å². The van der Waals surface area contributed by atoms with E-state index in [0.29, 0.717) is 12.8 Å². The van der Waals surface area contributed by atoms with Gasteiger partial charge in [-0.25, -0.2) is 4.57 Å². The van der Waals surface area contributed by atoms with Crippen LogP contribution >= 0.6 is 7.82 Å². The van der Waals surface area contributed by atoms with Gasteiger partial charge in [0.1, 0.15) is 6.61 Å². The number of esters is 2. The molecule has 0 bridgehead atoms. The average molecular weight is 842 g/mol. The van der Waals surface area contributed by atoms with Crippen LogP contribution in [0.25, 0.3) is 0 Å². The minimum absolute atomic E-state index is 0.0416. The van der Waals surface area contributed by atoms with Gasteiger partial charge in [-0.2, -0.15) is 0 Å². The Bertz CT molecular complexity index is 1070. The second-order valence-corrected chi connectivity index (χ2v) is 17.3. The molecule has 0 aliphatic heterocycles. The smallest absolute Gasteiger partial charge is 0.462 e. The molecule has 0 rings (SSSR count). The molecular weight excluding hydrogens is 753 g/mol. The van der Waals surface area contributed by atoms with Gasteiger partial charge >= 0.3 is 19.8 Å². The van der Waals surface area contributed by atoms with Crippen molar-refractivity contribution >= 4 is 19.8 Å². The fourth-order valence-electron chi connectivity index (χ4n) is 6.61. The summed E-state index contributed by atoms with van der Waals surface area (Å²) in [6, 6.07) is 0. The summed E-state index contributed by atoms with van der Waals surface area (Å²) in [5.74, 6) is -0.875. The molecule has 0 aliphatic rings. The van der Waals surface area contributed by atoms with Gasteiger partial charge in [0.2, 0.25) is 0 Å². The number of aliphatic hydroxyl groups excluding tert-OH is 1. The van der Waals surface area contributed by atoms with E-state index in [1.807, 2.05) is 24.3 Å². The molecule has 10 nitrogen and oxygen atoms in total. The maximum absolute atomic E-state index is 12.6. The average Bonchev–Trinajstić information content (AvgIpc) is 3.20. The Kier molecular flexibility index (Phi) is 41.9. The third-order valence-electron chi connectivity index (χ3n) is 10.1. The molecule has 0 aromatic heterocycles. The van der Waals surface area contributed by atoms with Gasteiger partial charge < -0.3 is 25.2 Å². The second-order valence-electron chi connectivity index (χ2n) is 15.8. The third-order valence-corrected chi connectivity index (χ3v) is 11.1. The first-order valence-electron chi connectivity index (χ1n) is 23.6. The van der Waals surface area contributed by atoms with Gasteiger partial charge in [0.25, 0.3) is 0 Å². The number of phosphoric ester groups is 1. The van der Waals surface area contributed by atoms with E-state index in [4.69, 9.17) is 24.3 Å². The number of rotatable bonds is 44. The molecule has 0 aromatic carbocycles. The lowest BCUT2D eigenvalue weighted by Gasteiger charge is -2.19. The summed E-state index contributed by atoms with van der Waals surface area (Å²) in [4.78, 5) is 34.9. The number of carbonyl (C=O) groups excluding carboxylic acids is 2. The van der Waals surface area contributed by atoms with Gasteiger partial charge in [-0.3, -0.25) is 18.6 Å². The number of ether oxygens (including phenoxy) is 2. The maximum atomic E-state index is 12.6. The third kappa shape index (κ3) is 42.3. The fourth-order valence-corrected chi connectivity index (χ4v) is 7.38. The number of hydrogen-bond acceptors (Lipinski definition) is 9. The highest BCUT2D eigenvalue weighted by Gasteiger charge is 2.26. The Morgan fingerprint density at radius 3 is 1.59 bits per heavy atom. The SMILES string of the molecule is CC/C=C/CC(O)/C=C/C=C/CCCCCCCC(=O)O[C@H](COC(=O)CCCCCCCCCCCCCCCCCCCCCCC)COP(=O)(O)OCCN. The first-order chi connectivity index (χ1) is 28.2.